The van der Waals surface area contributed by atoms with Gasteiger partial charge in [0.2, 0.25) is 6.79 Å². The SMILES string of the molecule is c1ccc2c(C3=NCCc4cc5c(cc43)OCO5)c[nH]c2c1. The molecule has 1 N–H and O–H groups in total. The fourth-order valence-electron chi connectivity index (χ4n) is 3.28. The van der Waals surface area contributed by atoms with Crippen molar-refractivity contribution in [1.82, 2.24) is 4.98 Å². The number of para-hydroxylation sites is 1. The quantitative estimate of drug-likeness (QED) is 0.747. The highest BCUT2D eigenvalue weighted by molar-refractivity contribution is 6.20. The van der Waals surface area contributed by atoms with E-state index < -0.39 is 0 Å². The van der Waals surface area contributed by atoms with Crippen molar-refractivity contribution < 1.29 is 9.47 Å². The van der Waals surface area contributed by atoms with Crippen LogP contribution in [0.25, 0.3) is 10.9 Å². The fraction of sp³-hybridized carbons (Fsp3) is 0.167. The second-order valence-corrected chi connectivity index (χ2v) is 5.59. The smallest absolute Gasteiger partial charge is 0.231 e. The Morgan fingerprint density at radius 2 is 1.86 bits per heavy atom. The summed E-state index contributed by atoms with van der Waals surface area (Å²) in [6.07, 6.45) is 2.99. The van der Waals surface area contributed by atoms with E-state index in [1.165, 1.54) is 10.9 Å². The number of aliphatic imine (C=N–C) groups is 1. The third kappa shape index (κ3) is 1.61. The van der Waals surface area contributed by atoms with Crippen LogP contribution < -0.4 is 9.47 Å². The van der Waals surface area contributed by atoms with E-state index in [0.29, 0.717) is 6.79 Å². The Morgan fingerprint density at radius 1 is 1.00 bits per heavy atom. The lowest BCUT2D eigenvalue weighted by Crippen LogP contribution is -2.13. The van der Waals surface area contributed by atoms with Crippen molar-refractivity contribution in [2.24, 2.45) is 4.99 Å². The minimum Gasteiger partial charge on any atom is -0.454 e. The van der Waals surface area contributed by atoms with E-state index in [-0.39, 0.29) is 0 Å². The molecular formula is C18H14N2O2. The Labute approximate surface area is 127 Å². The Balaban J connectivity index is 1.72. The number of hydrogen-bond acceptors (Lipinski definition) is 3. The third-order valence-corrected chi connectivity index (χ3v) is 4.35. The zero-order valence-corrected chi connectivity index (χ0v) is 11.9. The van der Waals surface area contributed by atoms with Crippen molar-refractivity contribution >= 4 is 16.6 Å². The summed E-state index contributed by atoms with van der Waals surface area (Å²) in [5.74, 6) is 1.66. The largest absolute Gasteiger partial charge is 0.454 e. The highest BCUT2D eigenvalue weighted by Gasteiger charge is 2.23. The number of fused-ring (bicyclic) bond motifs is 3. The van der Waals surface area contributed by atoms with E-state index in [1.807, 2.05) is 12.3 Å². The molecule has 108 valence electrons. The molecule has 2 aliphatic rings. The molecule has 0 atom stereocenters. The van der Waals surface area contributed by atoms with Crippen molar-refractivity contribution in [3.8, 4) is 11.5 Å². The van der Waals surface area contributed by atoms with Crippen molar-refractivity contribution in [2.45, 2.75) is 6.42 Å². The topological polar surface area (TPSA) is 46.6 Å². The van der Waals surface area contributed by atoms with Crippen molar-refractivity contribution in [3.63, 3.8) is 0 Å². The number of ether oxygens (including phenoxy) is 2. The Kier molecular flexibility index (Phi) is 2.36. The molecule has 2 aliphatic heterocycles. The van der Waals surface area contributed by atoms with Crippen LogP contribution in [0.5, 0.6) is 11.5 Å². The number of H-pyrrole nitrogens is 1. The lowest BCUT2D eigenvalue weighted by atomic mass is 9.92. The zero-order valence-electron chi connectivity index (χ0n) is 11.9. The first-order valence-corrected chi connectivity index (χ1v) is 7.44. The zero-order chi connectivity index (χ0) is 14.5. The van der Waals surface area contributed by atoms with Gasteiger partial charge in [-0.25, -0.2) is 0 Å². The maximum atomic E-state index is 5.53. The highest BCUT2D eigenvalue weighted by atomic mass is 16.7. The monoisotopic (exact) mass is 290 g/mol. The first-order chi connectivity index (χ1) is 10.9. The molecule has 22 heavy (non-hydrogen) atoms. The van der Waals surface area contributed by atoms with E-state index in [9.17, 15) is 0 Å². The van der Waals surface area contributed by atoms with Crippen LogP contribution in [-0.4, -0.2) is 24.0 Å². The number of benzene rings is 2. The Bertz CT molecular complexity index is 924. The molecule has 0 bridgehead atoms. The van der Waals surface area contributed by atoms with Crippen LogP contribution in [0.1, 0.15) is 16.7 Å². The average Bonchev–Trinajstić information content (AvgIpc) is 3.18. The normalized spacial score (nSPS) is 15.7. The molecule has 0 spiro atoms. The van der Waals surface area contributed by atoms with Crippen molar-refractivity contribution in [1.29, 1.82) is 0 Å². The van der Waals surface area contributed by atoms with Gasteiger partial charge in [0.15, 0.2) is 11.5 Å². The summed E-state index contributed by atoms with van der Waals surface area (Å²) in [4.78, 5) is 8.12. The molecular weight excluding hydrogens is 276 g/mol. The van der Waals surface area contributed by atoms with Gasteiger partial charge < -0.3 is 14.5 Å². The van der Waals surface area contributed by atoms with Gasteiger partial charge in [0.25, 0.3) is 0 Å². The molecule has 1 aromatic heterocycles. The lowest BCUT2D eigenvalue weighted by molar-refractivity contribution is 0.174. The average molecular weight is 290 g/mol. The molecule has 4 nitrogen and oxygen atoms in total. The van der Waals surface area contributed by atoms with Gasteiger partial charge in [-0.05, 0) is 30.2 Å². The van der Waals surface area contributed by atoms with Gasteiger partial charge in [-0.3, -0.25) is 4.99 Å². The molecule has 0 radical (unpaired) electrons. The second-order valence-electron chi connectivity index (χ2n) is 5.59. The molecule has 4 heteroatoms. The van der Waals surface area contributed by atoms with Crippen LogP contribution in [0.2, 0.25) is 0 Å². The van der Waals surface area contributed by atoms with Crippen LogP contribution in [0.15, 0.2) is 47.6 Å². The maximum Gasteiger partial charge on any atom is 0.231 e. The molecule has 3 aromatic rings. The van der Waals surface area contributed by atoms with Crippen molar-refractivity contribution in [3.05, 3.63) is 59.3 Å². The van der Waals surface area contributed by atoms with E-state index in [0.717, 1.165) is 46.8 Å². The van der Waals surface area contributed by atoms with Gasteiger partial charge in [-0.1, -0.05) is 18.2 Å². The first-order valence-electron chi connectivity index (χ1n) is 7.44. The second kappa shape index (κ2) is 4.37. The predicted molar refractivity (Wildman–Crippen MR) is 85.1 cm³/mol. The number of nitrogens with one attached hydrogen (secondary N) is 1. The van der Waals surface area contributed by atoms with Gasteiger partial charge in [-0.15, -0.1) is 0 Å². The number of rotatable bonds is 1. The van der Waals surface area contributed by atoms with Crippen molar-refractivity contribution in [2.75, 3.05) is 13.3 Å². The van der Waals surface area contributed by atoms with E-state index >= 15 is 0 Å². The molecule has 0 unspecified atom stereocenters. The molecule has 0 aliphatic carbocycles. The summed E-state index contributed by atoms with van der Waals surface area (Å²) in [5, 5.41) is 1.20. The molecule has 5 rings (SSSR count). The van der Waals surface area contributed by atoms with Gasteiger partial charge >= 0.3 is 0 Å². The first kappa shape index (κ1) is 11.9. The van der Waals surface area contributed by atoms with E-state index in [2.05, 4.69) is 35.3 Å². The number of nitrogens with zero attached hydrogens (tertiary/aromatic N) is 1. The standard InChI is InChI=1S/C18H14N2O2/c1-2-4-15-12(3-1)14(9-20-15)18-13-8-17-16(21-10-22-17)7-11(13)5-6-19-18/h1-4,7-9,20H,5-6,10H2. The summed E-state index contributed by atoms with van der Waals surface area (Å²) < 4.78 is 11.0. The van der Waals surface area contributed by atoms with Crippen LogP contribution in [0, 0.1) is 0 Å². The minimum absolute atomic E-state index is 0.303. The van der Waals surface area contributed by atoms with Gasteiger partial charge in [0.1, 0.15) is 0 Å². The lowest BCUT2D eigenvalue weighted by Gasteiger charge is -2.17. The summed E-state index contributed by atoms with van der Waals surface area (Å²) >= 11 is 0. The molecule has 2 aromatic carbocycles. The summed E-state index contributed by atoms with van der Waals surface area (Å²) in [5.41, 5.74) is 5.75. The van der Waals surface area contributed by atoms with Gasteiger partial charge in [-0.2, -0.15) is 0 Å². The summed E-state index contributed by atoms with van der Waals surface area (Å²) in [6, 6.07) is 12.5. The van der Waals surface area contributed by atoms with Gasteiger partial charge in [0.05, 0.1) is 5.71 Å². The van der Waals surface area contributed by atoms with Gasteiger partial charge in [0, 0.05) is 34.8 Å². The van der Waals surface area contributed by atoms with E-state index in [4.69, 9.17) is 14.5 Å². The number of aromatic nitrogens is 1. The van der Waals surface area contributed by atoms with Crippen LogP contribution in [0.3, 0.4) is 0 Å². The molecule has 0 amide bonds. The summed E-state index contributed by atoms with van der Waals surface area (Å²) in [7, 11) is 0. The molecule has 0 saturated heterocycles. The van der Waals surface area contributed by atoms with Crippen LogP contribution in [-0.2, 0) is 6.42 Å². The maximum absolute atomic E-state index is 5.53. The van der Waals surface area contributed by atoms with E-state index in [1.54, 1.807) is 0 Å². The summed E-state index contributed by atoms with van der Waals surface area (Å²) in [6.45, 7) is 1.11. The predicted octanol–water partition coefficient (Wildman–Crippen LogP) is 3.29. The molecule has 3 heterocycles. The third-order valence-electron chi connectivity index (χ3n) is 4.35. The van der Waals surface area contributed by atoms with Crippen LogP contribution >= 0.6 is 0 Å². The number of hydrogen-bond donors (Lipinski definition) is 1. The number of aromatic amines is 1. The highest BCUT2D eigenvalue weighted by Crippen LogP contribution is 2.37. The van der Waals surface area contributed by atoms with Crippen LogP contribution in [0.4, 0.5) is 0 Å². The minimum atomic E-state index is 0.303. The Hall–Kier alpha value is -2.75. The molecule has 0 fully saturated rings. The molecule has 0 saturated carbocycles. The fourth-order valence-corrected chi connectivity index (χ4v) is 3.28. The Morgan fingerprint density at radius 3 is 2.82 bits per heavy atom.